The predicted octanol–water partition coefficient (Wildman–Crippen LogP) is 0.473. The Bertz CT molecular complexity index is 302. The molecule has 0 aromatic heterocycles. The molecule has 0 aliphatic heterocycles. The van der Waals surface area contributed by atoms with Crippen LogP contribution in [0.5, 0.6) is 0 Å². The number of unbranched alkanes of at least 4 members (excludes halogenated alkanes) is 1. The number of sulfonamides is 1. The van der Waals surface area contributed by atoms with E-state index in [0.717, 1.165) is 12.8 Å². The molecule has 0 heterocycles. The molecule has 0 radical (unpaired) electrons. The Hall–Kier alpha value is -0.170. The SMILES string of the molecule is COCCCCNS(=O)(=O)C(C)CNC1CC1. The first-order chi connectivity index (χ1) is 8.06. The molecule has 0 saturated heterocycles. The van der Waals surface area contributed by atoms with Gasteiger partial charge < -0.3 is 10.1 Å². The Balaban J connectivity index is 2.13. The molecule has 102 valence electrons. The molecule has 6 heteroatoms. The van der Waals surface area contributed by atoms with Gasteiger partial charge in [0.2, 0.25) is 10.0 Å². The van der Waals surface area contributed by atoms with Crippen molar-refractivity contribution < 1.29 is 13.2 Å². The van der Waals surface area contributed by atoms with Crippen LogP contribution >= 0.6 is 0 Å². The van der Waals surface area contributed by atoms with Crippen LogP contribution in [0.25, 0.3) is 0 Å². The molecule has 0 amide bonds. The molecule has 1 unspecified atom stereocenters. The van der Waals surface area contributed by atoms with Crippen molar-refractivity contribution in [3.05, 3.63) is 0 Å². The number of ether oxygens (including phenoxy) is 1. The minimum absolute atomic E-state index is 0.370. The summed E-state index contributed by atoms with van der Waals surface area (Å²) < 4.78 is 31.2. The Kier molecular flexibility index (Phi) is 6.40. The maximum atomic E-state index is 11.8. The van der Waals surface area contributed by atoms with Crippen LogP contribution in [0.2, 0.25) is 0 Å². The second-order valence-corrected chi connectivity index (χ2v) is 6.82. The Morgan fingerprint density at radius 1 is 1.35 bits per heavy atom. The van der Waals surface area contributed by atoms with Crippen LogP contribution in [0.4, 0.5) is 0 Å². The van der Waals surface area contributed by atoms with Gasteiger partial charge in [-0.3, -0.25) is 0 Å². The van der Waals surface area contributed by atoms with Gasteiger partial charge in [-0.15, -0.1) is 0 Å². The third-order valence-electron chi connectivity index (χ3n) is 2.88. The summed E-state index contributed by atoms with van der Waals surface area (Å²) in [6, 6.07) is 0.550. The second-order valence-electron chi connectivity index (χ2n) is 4.63. The fraction of sp³-hybridized carbons (Fsp3) is 1.00. The lowest BCUT2D eigenvalue weighted by Gasteiger charge is -2.14. The smallest absolute Gasteiger partial charge is 0.215 e. The highest BCUT2D eigenvalue weighted by atomic mass is 32.2. The summed E-state index contributed by atoms with van der Waals surface area (Å²) >= 11 is 0. The van der Waals surface area contributed by atoms with E-state index >= 15 is 0 Å². The van der Waals surface area contributed by atoms with Gasteiger partial charge in [0.1, 0.15) is 0 Å². The van der Waals surface area contributed by atoms with Gasteiger partial charge in [-0.1, -0.05) is 0 Å². The van der Waals surface area contributed by atoms with Crippen LogP contribution in [0.1, 0.15) is 32.6 Å². The van der Waals surface area contributed by atoms with Gasteiger partial charge in [0.15, 0.2) is 0 Å². The largest absolute Gasteiger partial charge is 0.385 e. The van der Waals surface area contributed by atoms with Crippen LogP contribution < -0.4 is 10.0 Å². The minimum Gasteiger partial charge on any atom is -0.385 e. The van der Waals surface area contributed by atoms with E-state index in [0.29, 0.717) is 25.7 Å². The number of nitrogens with one attached hydrogen (secondary N) is 2. The first-order valence-corrected chi connectivity index (χ1v) is 7.81. The number of rotatable bonds is 10. The molecule has 17 heavy (non-hydrogen) atoms. The third-order valence-corrected chi connectivity index (χ3v) is 4.71. The van der Waals surface area contributed by atoms with Crippen molar-refractivity contribution in [2.75, 3.05) is 26.8 Å². The summed E-state index contributed by atoms with van der Waals surface area (Å²) in [5, 5.41) is 2.86. The third kappa shape index (κ3) is 6.35. The number of hydrogen-bond donors (Lipinski definition) is 2. The molecule has 1 aliphatic rings. The molecule has 1 atom stereocenters. The van der Waals surface area contributed by atoms with E-state index in [2.05, 4.69) is 10.0 Å². The van der Waals surface area contributed by atoms with Crippen molar-refractivity contribution in [3.63, 3.8) is 0 Å². The van der Waals surface area contributed by atoms with Crippen molar-refractivity contribution in [1.29, 1.82) is 0 Å². The van der Waals surface area contributed by atoms with E-state index in [1.54, 1.807) is 14.0 Å². The topological polar surface area (TPSA) is 67.4 Å². The van der Waals surface area contributed by atoms with Crippen LogP contribution in [0.3, 0.4) is 0 Å². The molecule has 1 fully saturated rings. The number of hydrogen-bond acceptors (Lipinski definition) is 4. The average Bonchev–Trinajstić information content (AvgIpc) is 3.09. The summed E-state index contributed by atoms with van der Waals surface area (Å²) in [4.78, 5) is 0. The highest BCUT2D eigenvalue weighted by Gasteiger charge is 2.25. The molecular weight excluding hydrogens is 240 g/mol. The quantitative estimate of drug-likeness (QED) is 0.563. The van der Waals surface area contributed by atoms with Crippen molar-refractivity contribution in [3.8, 4) is 0 Å². The minimum atomic E-state index is -3.17. The molecule has 0 aromatic rings. The van der Waals surface area contributed by atoms with Gasteiger partial charge >= 0.3 is 0 Å². The van der Waals surface area contributed by atoms with Crippen LogP contribution in [0.15, 0.2) is 0 Å². The van der Waals surface area contributed by atoms with E-state index in [-0.39, 0.29) is 5.25 Å². The maximum absolute atomic E-state index is 11.8. The van der Waals surface area contributed by atoms with Gasteiger partial charge in [0.05, 0.1) is 5.25 Å². The Morgan fingerprint density at radius 2 is 2.06 bits per heavy atom. The van der Waals surface area contributed by atoms with E-state index < -0.39 is 10.0 Å². The zero-order valence-corrected chi connectivity index (χ0v) is 11.6. The molecular formula is C11H24N2O3S. The van der Waals surface area contributed by atoms with Gasteiger partial charge in [-0.25, -0.2) is 13.1 Å². The molecule has 1 saturated carbocycles. The zero-order chi connectivity index (χ0) is 12.7. The Labute approximate surface area is 104 Å². The maximum Gasteiger partial charge on any atom is 0.215 e. The monoisotopic (exact) mass is 264 g/mol. The normalized spacial score (nSPS) is 18.2. The van der Waals surface area contributed by atoms with E-state index in [4.69, 9.17) is 4.74 Å². The van der Waals surface area contributed by atoms with E-state index in [1.165, 1.54) is 12.8 Å². The highest BCUT2D eigenvalue weighted by molar-refractivity contribution is 7.90. The van der Waals surface area contributed by atoms with Gasteiger partial charge in [0, 0.05) is 32.8 Å². The summed E-state index contributed by atoms with van der Waals surface area (Å²) in [7, 11) is -1.52. The summed E-state index contributed by atoms with van der Waals surface area (Å²) in [5.41, 5.74) is 0. The van der Waals surface area contributed by atoms with Crippen LogP contribution in [0, 0.1) is 0 Å². The van der Waals surface area contributed by atoms with Crippen LogP contribution in [-0.4, -0.2) is 46.5 Å². The standard InChI is InChI=1S/C11H24N2O3S/c1-10(9-12-11-5-6-11)17(14,15)13-7-3-4-8-16-2/h10-13H,3-9H2,1-2H3. The average molecular weight is 264 g/mol. The fourth-order valence-electron chi connectivity index (χ4n) is 1.46. The predicted molar refractivity (Wildman–Crippen MR) is 68.5 cm³/mol. The van der Waals surface area contributed by atoms with E-state index in [9.17, 15) is 8.42 Å². The number of methoxy groups -OCH3 is 1. The zero-order valence-electron chi connectivity index (χ0n) is 10.7. The first kappa shape index (κ1) is 14.9. The summed E-state index contributed by atoms with van der Waals surface area (Å²) in [6.45, 7) is 3.46. The molecule has 1 rings (SSSR count). The fourth-order valence-corrected chi connectivity index (χ4v) is 2.49. The lowest BCUT2D eigenvalue weighted by Crippen LogP contribution is -2.39. The van der Waals surface area contributed by atoms with Gasteiger partial charge in [-0.05, 0) is 32.6 Å². The lowest BCUT2D eigenvalue weighted by atomic mass is 10.3. The summed E-state index contributed by atoms with van der Waals surface area (Å²) in [6.07, 6.45) is 4.05. The van der Waals surface area contributed by atoms with Gasteiger partial charge in [0.25, 0.3) is 0 Å². The molecule has 1 aliphatic carbocycles. The first-order valence-electron chi connectivity index (χ1n) is 6.27. The highest BCUT2D eigenvalue weighted by Crippen LogP contribution is 2.18. The molecule has 0 aromatic carbocycles. The van der Waals surface area contributed by atoms with Crippen molar-refractivity contribution in [1.82, 2.24) is 10.0 Å². The molecule has 0 bridgehead atoms. The molecule has 0 spiro atoms. The van der Waals surface area contributed by atoms with Crippen molar-refractivity contribution in [2.45, 2.75) is 43.9 Å². The van der Waals surface area contributed by atoms with Crippen LogP contribution in [-0.2, 0) is 14.8 Å². The Morgan fingerprint density at radius 3 is 2.65 bits per heavy atom. The molecule has 5 nitrogen and oxygen atoms in total. The van der Waals surface area contributed by atoms with Crippen molar-refractivity contribution in [2.24, 2.45) is 0 Å². The van der Waals surface area contributed by atoms with E-state index in [1.807, 2.05) is 0 Å². The second kappa shape index (κ2) is 7.31. The lowest BCUT2D eigenvalue weighted by molar-refractivity contribution is 0.193. The summed E-state index contributed by atoms with van der Waals surface area (Å²) in [5.74, 6) is 0. The molecule has 2 N–H and O–H groups in total. The van der Waals surface area contributed by atoms with Crippen molar-refractivity contribution >= 4 is 10.0 Å². The van der Waals surface area contributed by atoms with Gasteiger partial charge in [-0.2, -0.15) is 0 Å².